The lowest BCUT2D eigenvalue weighted by molar-refractivity contribution is -0.148. The number of carbonyl (C=O) groups is 1. The van der Waals surface area contributed by atoms with E-state index in [0.717, 1.165) is 5.56 Å². The summed E-state index contributed by atoms with van der Waals surface area (Å²) in [6.45, 7) is 6.54. The molecule has 1 rings (SSSR count). The lowest BCUT2D eigenvalue weighted by atomic mass is 9.91. The van der Waals surface area contributed by atoms with Crippen molar-refractivity contribution in [3.05, 3.63) is 35.4 Å². The van der Waals surface area contributed by atoms with E-state index in [1.165, 1.54) is 12.7 Å². The van der Waals surface area contributed by atoms with Gasteiger partial charge in [0.05, 0.1) is 7.11 Å². The number of methoxy groups -OCH3 is 1. The molecule has 1 unspecified atom stereocenters. The van der Waals surface area contributed by atoms with Gasteiger partial charge in [0.1, 0.15) is 5.54 Å². The molecule has 1 atom stereocenters. The zero-order valence-electron chi connectivity index (χ0n) is 10.3. The van der Waals surface area contributed by atoms with Crippen molar-refractivity contribution in [1.82, 2.24) is 5.32 Å². The molecule has 0 fully saturated rings. The molecule has 0 spiro atoms. The second kappa shape index (κ2) is 5.12. The molecule has 3 nitrogen and oxygen atoms in total. The molecule has 16 heavy (non-hydrogen) atoms. The van der Waals surface area contributed by atoms with Crippen molar-refractivity contribution in [1.29, 1.82) is 0 Å². The first-order valence-electron chi connectivity index (χ1n) is 5.45. The van der Waals surface area contributed by atoms with Crippen molar-refractivity contribution < 1.29 is 9.53 Å². The van der Waals surface area contributed by atoms with Crippen LogP contribution in [0.4, 0.5) is 0 Å². The summed E-state index contributed by atoms with van der Waals surface area (Å²) >= 11 is 0. The Bertz CT molecular complexity index is 359. The second-order valence-electron chi connectivity index (χ2n) is 4.01. The highest BCUT2D eigenvalue weighted by Gasteiger charge is 2.35. The summed E-state index contributed by atoms with van der Waals surface area (Å²) in [5.41, 5.74) is 1.33. The van der Waals surface area contributed by atoms with E-state index in [1.54, 1.807) is 0 Å². The number of aryl methyl sites for hydroxylation is 1. The first-order chi connectivity index (χ1) is 7.54. The maximum atomic E-state index is 11.8. The highest BCUT2D eigenvalue weighted by atomic mass is 16.5. The summed E-state index contributed by atoms with van der Waals surface area (Å²) in [6, 6.07) is 7.89. The van der Waals surface area contributed by atoms with Crippen molar-refractivity contribution in [3.8, 4) is 0 Å². The standard InChI is InChI=1S/C13H19NO2/c1-5-14-13(3,12(15)16-4)11-8-6-10(2)7-9-11/h6-9,14H,5H2,1-4H3. The van der Waals surface area contributed by atoms with E-state index in [-0.39, 0.29) is 5.97 Å². The van der Waals surface area contributed by atoms with Crippen LogP contribution in [0.2, 0.25) is 0 Å². The van der Waals surface area contributed by atoms with E-state index in [1.807, 2.05) is 45.0 Å². The van der Waals surface area contributed by atoms with Crippen LogP contribution in [0.25, 0.3) is 0 Å². The molecule has 0 amide bonds. The molecular weight excluding hydrogens is 202 g/mol. The summed E-state index contributed by atoms with van der Waals surface area (Å²) in [4.78, 5) is 11.8. The average molecular weight is 221 g/mol. The number of likely N-dealkylation sites (N-methyl/N-ethyl adjacent to an activating group) is 1. The maximum absolute atomic E-state index is 11.8. The normalized spacial score (nSPS) is 14.2. The Morgan fingerprint density at radius 2 is 1.94 bits per heavy atom. The van der Waals surface area contributed by atoms with Crippen LogP contribution < -0.4 is 5.32 Å². The summed E-state index contributed by atoms with van der Waals surface area (Å²) < 4.78 is 4.85. The molecule has 0 heterocycles. The molecule has 88 valence electrons. The number of benzene rings is 1. The largest absolute Gasteiger partial charge is 0.467 e. The summed E-state index contributed by atoms with van der Waals surface area (Å²) in [5, 5.41) is 3.17. The van der Waals surface area contributed by atoms with Crippen LogP contribution in [0, 0.1) is 6.92 Å². The summed E-state index contributed by atoms with van der Waals surface area (Å²) in [6.07, 6.45) is 0. The minimum Gasteiger partial charge on any atom is -0.467 e. The number of nitrogens with one attached hydrogen (secondary N) is 1. The molecular formula is C13H19NO2. The SMILES string of the molecule is CCNC(C)(C(=O)OC)c1ccc(C)cc1. The van der Waals surface area contributed by atoms with Crippen molar-refractivity contribution in [2.24, 2.45) is 0 Å². The van der Waals surface area contributed by atoms with Crippen LogP contribution in [0.15, 0.2) is 24.3 Å². The molecule has 1 aromatic rings. The van der Waals surface area contributed by atoms with E-state index in [2.05, 4.69) is 5.32 Å². The number of carbonyl (C=O) groups excluding carboxylic acids is 1. The van der Waals surface area contributed by atoms with Crippen molar-refractivity contribution in [3.63, 3.8) is 0 Å². The van der Waals surface area contributed by atoms with Crippen LogP contribution in [0.5, 0.6) is 0 Å². The van der Waals surface area contributed by atoms with Crippen LogP contribution >= 0.6 is 0 Å². The third-order valence-corrected chi connectivity index (χ3v) is 2.75. The van der Waals surface area contributed by atoms with Crippen molar-refractivity contribution >= 4 is 5.97 Å². The Labute approximate surface area is 96.8 Å². The topological polar surface area (TPSA) is 38.3 Å². The van der Waals surface area contributed by atoms with Gasteiger partial charge in [-0.25, -0.2) is 4.79 Å². The molecule has 0 aromatic heterocycles. The van der Waals surface area contributed by atoms with Crippen LogP contribution in [0.3, 0.4) is 0 Å². The zero-order valence-corrected chi connectivity index (χ0v) is 10.3. The van der Waals surface area contributed by atoms with Gasteiger partial charge in [0.15, 0.2) is 0 Å². The Morgan fingerprint density at radius 3 is 2.38 bits per heavy atom. The average Bonchev–Trinajstić information content (AvgIpc) is 2.29. The minimum absolute atomic E-state index is 0.266. The Kier molecular flexibility index (Phi) is 4.07. The van der Waals surface area contributed by atoms with Crippen LogP contribution in [-0.2, 0) is 15.1 Å². The fourth-order valence-corrected chi connectivity index (χ4v) is 1.74. The molecule has 3 heteroatoms. The summed E-state index contributed by atoms with van der Waals surface area (Å²) in [5.74, 6) is -0.266. The molecule has 0 radical (unpaired) electrons. The van der Waals surface area contributed by atoms with Crippen molar-refractivity contribution in [2.45, 2.75) is 26.3 Å². The number of hydrogen-bond acceptors (Lipinski definition) is 3. The van der Waals surface area contributed by atoms with Crippen LogP contribution in [-0.4, -0.2) is 19.6 Å². The van der Waals surface area contributed by atoms with Gasteiger partial charge in [-0.1, -0.05) is 36.8 Å². The smallest absolute Gasteiger partial charge is 0.330 e. The van der Waals surface area contributed by atoms with E-state index >= 15 is 0 Å². The fourth-order valence-electron chi connectivity index (χ4n) is 1.74. The lowest BCUT2D eigenvalue weighted by Crippen LogP contribution is -2.47. The molecule has 0 saturated carbocycles. The highest BCUT2D eigenvalue weighted by molar-refractivity contribution is 5.82. The third-order valence-electron chi connectivity index (χ3n) is 2.75. The Balaban J connectivity index is 3.10. The zero-order chi connectivity index (χ0) is 12.2. The van der Waals surface area contributed by atoms with Gasteiger partial charge in [0.2, 0.25) is 0 Å². The minimum atomic E-state index is -0.767. The second-order valence-corrected chi connectivity index (χ2v) is 4.01. The van der Waals surface area contributed by atoms with E-state index in [9.17, 15) is 4.79 Å². The number of rotatable bonds is 4. The van der Waals surface area contributed by atoms with Gasteiger partial charge >= 0.3 is 5.97 Å². The van der Waals surface area contributed by atoms with Gasteiger partial charge in [-0.3, -0.25) is 5.32 Å². The van der Waals surface area contributed by atoms with Crippen molar-refractivity contribution in [2.75, 3.05) is 13.7 Å². The monoisotopic (exact) mass is 221 g/mol. The van der Waals surface area contributed by atoms with E-state index in [4.69, 9.17) is 4.74 Å². The predicted molar refractivity (Wildman–Crippen MR) is 64.2 cm³/mol. The Morgan fingerprint density at radius 1 is 1.38 bits per heavy atom. The first kappa shape index (κ1) is 12.7. The van der Waals surface area contributed by atoms with Gasteiger partial charge in [-0.05, 0) is 26.0 Å². The summed E-state index contributed by atoms with van der Waals surface area (Å²) in [7, 11) is 1.41. The first-order valence-corrected chi connectivity index (χ1v) is 5.45. The van der Waals surface area contributed by atoms with E-state index < -0.39 is 5.54 Å². The maximum Gasteiger partial charge on any atom is 0.330 e. The fraction of sp³-hybridized carbons (Fsp3) is 0.462. The van der Waals surface area contributed by atoms with Gasteiger partial charge in [0.25, 0.3) is 0 Å². The number of hydrogen-bond donors (Lipinski definition) is 1. The van der Waals surface area contributed by atoms with Gasteiger partial charge in [-0.15, -0.1) is 0 Å². The molecule has 0 aliphatic carbocycles. The van der Waals surface area contributed by atoms with Gasteiger partial charge < -0.3 is 4.74 Å². The molecule has 0 saturated heterocycles. The van der Waals surface area contributed by atoms with Gasteiger partial charge in [-0.2, -0.15) is 0 Å². The quantitative estimate of drug-likeness (QED) is 0.790. The molecule has 0 aliphatic heterocycles. The van der Waals surface area contributed by atoms with Gasteiger partial charge in [0, 0.05) is 0 Å². The molecule has 1 N–H and O–H groups in total. The molecule has 0 aliphatic rings. The Hall–Kier alpha value is -1.35. The lowest BCUT2D eigenvalue weighted by Gasteiger charge is -2.28. The number of ether oxygens (including phenoxy) is 1. The van der Waals surface area contributed by atoms with Crippen LogP contribution in [0.1, 0.15) is 25.0 Å². The molecule has 1 aromatic carbocycles. The highest BCUT2D eigenvalue weighted by Crippen LogP contribution is 2.22. The molecule has 0 bridgehead atoms. The number of esters is 1. The van der Waals surface area contributed by atoms with E-state index in [0.29, 0.717) is 6.54 Å². The predicted octanol–water partition coefficient (Wildman–Crippen LogP) is 1.99. The third kappa shape index (κ3) is 2.42.